The van der Waals surface area contributed by atoms with Crippen molar-refractivity contribution in [2.45, 2.75) is 25.7 Å². The highest BCUT2D eigenvalue weighted by atomic mass is 35.5. The maximum absolute atomic E-state index is 10.7. The molecule has 20 heavy (non-hydrogen) atoms. The third-order valence-corrected chi connectivity index (χ3v) is 3.94. The first-order chi connectivity index (χ1) is 9.60. The summed E-state index contributed by atoms with van der Waals surface area (Å²) in [6.07, 6.45) is 2.96. The molecule has 1 atom stereocenters. The number of nitriles is 1. The fourth-order valence-electron chi connectivity index (χ4n) is 2.71. The predicted octanol–water partition coefficient (Wildman–Crippen LogP) is 3.29. The summed E-state index contributed by atoms with van der Waals surface area (Å²) >= 11 is 6.02. The zero-order valence-electron chi connectivity index (χ0n) is 11.2. The smallest absolute Gasteiger partial charge is 0.303 e. The highest BCUT2D eigenvalue weighted by Crippen LogP contribution is 2.30. The molecule has 0 aliphatic carbocycles. The number of carbonyl (C=O) groups is 1. The Labute approximate surface area is 123 Å². The van der Waals surface area contributed by atoms with Crippen LogP contribution in [0.4, 0.5) is 5.69 Å². The molecule has 1 heterocycles. The molecular weight excluding hydrogens is 276 g/mol. The highest BCUT2D eigenvalue weighted by Gasteiger charge is 2.22. The Kier molecular flexibility index (Phi) is 4.86. The van der Waals surface area contributed by atoms with Crippen LogP contribution in [-0.2, 0) is 4.79 Å². The van der Waals surface area contributed by atoms with Gasteiger partial charge in [-0.1, -0.05) is 11.6 Å². The van der Waals surface area contributed by atoms with Gasteiger partial charge in [-0.05, 0) is 43.4 Å². The number of carboxylic acid groups (broad SMARTS) is 1. The van der Waals surface area contributed by atoms with Crippen molar-refractivity contribution in [3.63, 3.8) is 0 Å². The molecule has 1 aromatic carbocycles. The Bertz CT molecular complexity index is 539. The van der Waals surface area contributed by atoms with Crippen LogP contribution >= 0.6 is 11.6 Å². The molecule has 1 unspecified atom stereocenters. The molecule has 0 spiro atoms. The van der Waals surface area contributed by atoms with Crippen LogP contribution in [0.25, 0.3) is 0 Å². The number of anilines is 1. The highest BCUT2D eigenvalue weighted by molar-refractivity contribution is 6.30. The monoisotopic (exact) mass is 292 g/mol. The van der Waals surface area contributed by atoms with Crippen molar-refractivity contribution in [3.05, 3.63) is 28.8 Å². The molecule has 1 saturated heterocycles. The van der Waals surface area contributed by atoms with Crippen LogP contribution in [0, 0.1) is 17.2 Å². The van der Waals surface area contributed by atoms with Crippen molar-refractivity contribution in [1.82, 2.24) is 0 Å². The van der Waals surface area contributed by atoms with Gasteiger partial charge in [-0.3, -0.25) is 4.79 Å². The third kappa shape index (κ3) is 3.64. The molecule has 0 bridgehead atoms. The van der Waals surface area contributed by atoms with Crippen LogP contribution in [-0.4, -0.2) is 24.2 Å². The lowest BCUT2D eigenvalue weighted by Gasteiger charge is -2.34. The Balaban J connectivity index is 2.11. The molecule has 0 saturated carbocycles. The van der Waals surface area contributed by atoms with Gasteiger partial charge in [0.05, 0.1) is 11.3 Å². The van der Waals surface area contributed by atoms with Gasteiger partial charge < -0.3 is 10.0 Å². The van der Waals surface area contributed by atoms with Gasteiger partial charge in [0.15, 0.2) is 0 Å². The first-order valence-electron chi connectivity index (χ1n) is 6.76. The summed E-state index contributed by atoms with van der Waals surface area (Å²) in [6.45, 7) is 1.68. The molecule has 1 aliphatic heterocycles. The van der Waals surface area contributed by atoms with Crippen molar-refractivity contribution in [2.75, 3.05) is 18.0 Å². The number of hydrogen-bond acceptors (Lipinski definition) is 3. The first-order valence-corrected chi connectivity index (χ1v) is 7.14. The number of benzene rings is 1. The summed E-state index contributed by atoms with van der Waals surface area (Å²) in [5.74, 6) is -0.382. The van der Waals surface area contributed by atoms with E-state index in [1.807, 2.05) is 6.07 Å². The number of piperidine rings is 1. The van der Waals surface area contributed by atoms with Crippen LogP contribution in [0.1, 0.15) is 31.2 Å². The SMILES string of the molecule is N#Cc1ccc(Cl)cc1N1CCCC(CCC(=O)O)C1. The van der Waals surface area contributed by atoms with E-state index in [0.717, 1.165) is 31.6 Å². The lowest BCUT2D eigenvalue weighted by atomic mass is 9.92. The van der Waals surface area contributed by atoms with Crippen LogP contribution in [0.2, 0.25) is 5.02 Å². The van der Waals surface area contributed by atoms with Crippen molar-refractivity contribution in [2.24, 2.45) is 5.92 Å². The standard InChI is InChI=1S/C15H17ClN2O2/c16-13-5-4-12(9-17)14(8-13)18-7-1-2-11(10-18)3-6-15(19)20/h4-5,8,11H,1-3,6-7,10H2,(H,19,20). The molecule has 1 aliphatic rings. The fraction of sp³-hybridized carbons (Fsp3) is 0.467. The van der Waals surface area contributed by atoms with Gasteiger partial charge in [-0.15, -0.1) is 0 Å². The van der Waals surface area contributed by atoms with E-state index in [9.17, 15) is 10.1 Å². The predicted molar refractivity (Wildman–Crippen MR) is 78.0 cm³/mol. The van der Waals surface area contributed by atoms with Crippen molar-refractivity contribution in [3.8, 4) is 6.07 Å². The molecule has 106 valence electrons. The summed E-state index contributed by atoms with van der Waals surface area (Å²) in [5, 5.41) is 18.6. The van der Waals surface area contributed by atoms with Crippen molar-refractivity contribution < 1.29 is 9.90 Å². The van der Waals surface area contributed by atoms with Crippen LogP contribution < -0.4 is 4.90 Å². The Morgan fingerprint density at radius 3 is 3.05 bits per heavy atom. The van der Waals surface area contributed by atoms with E-state index in [-0.39, 0.29) is 6.42 Å². The first kappa shape index (κ1) is 14.7. The molecule has 4 nitrogen and oxygen atoms in total. The Morgan fingerprint density at radius 2 is 2.35 bits per heavy atom. The van der Waals surface area contributed by atoms with Crippen molar-refractivity contribution in [1.29, 1.82) is 5.26 Å². The minimum atomic E-state index is -0.748. The average Bonchev–Trinajstić information content (AvgIpc) is 2.45. The quantitative estimate of drug-likeness (QED) is 0.925. The van der Waals surface area contributed by atoms with Gasteiger partial charge in [0.2, 0.25) is 0 Å². The van der Waals surface area contributed by atoms with Gasteiger partial charge >= 0.3 is 5.97 Å². The lowest BCUT2D eigenvalue weighted by molar-refractivity contribution is -0.137. The summed E-state index contributed by atoms with van der Waals surface area (Å²) in [7, 11) is 0. The number of rotatable bonds is 4. The third-order valence-electron chi connectivity index (χ3n) is 3.71. The maximum atomic E-state index is 10.7. The number of halogens is 1. The molecule has 2 rings (SSSR count). The largest absolute Gasteiger partial charge is 0.481 e. The summed E-state index contributed by atoms with van der Waals surface area (Å²) < 4.78 is 0. The second-order valence-corrected chi connectivity index (χ2v) is 5.60. The lowest BCUT2D eigenvalue weighted by Crippen LogP contribution is -2.36. The second-order valence-electron chi connectivity index (χ2n) is 5.16. The maximum Gasteiger partial charge on any atom is 0.303 e. The van der Waals surface area contributed by atoms with E-state index in [2.05, 4.69) is 11.0 Å². The van der Waals surface area contributed by atoms with E-state index in [4.69, 9.17) is 16.7 Å². The van der Waals surface area contributed by atoms with E-state index in [1.54, 1.807) is 12.1 Å². The van der Waals surface area contributed by atoms with E-state index >= 15 is 0 Å². The minimum absolute atomic E-state index is 0.207. The summed E-state index contributed by atoms with van der Waals surface area (Å²) in [5.41, 5.74) is 1.48. The molecule has 0 aromatic heterocycles. The van der Waals surface area contributed by atoms with Crippen LogP contribution in [0.15, 0.2) is 18.2 Å². The molecule has 1 N–H and O–H groups in total. The molecule has 1 fully saturated rings. The van der Waals surface area contributed by atoms with Gasteiger partial charge in [0, 0.05) is 24.5 Å². The molecule has 0 amide bonds. The fourth-order valence-corrected chi connectivity index (χ4v) is 2.87. The van der Waals surface area contributed by atoms with E-state index in [1.165, 1.54) is 0 Å². The van der Waals surface area contributed by atoms with Crippen LogP contribution in [0.5, 0.6) is 0 Å². The number of nitrogens with zero attached hydrogens (tertiary/aromatic N) is 2. The number of aliphatic carboxylic acids is 1. The second kappa shape index (κ2) is 6.62. The number of hydrogen-bond donors (Lipinski definition) is 1. The van der Waals surface area contributed by atoms with Crippen LogP contribution in [0.3, 0.4) is 0 Å². The Hall–Kier alpha value is -1.73. The van der Waals surface area contributed by atoms with Gasteiger partial charge in [-0.25, -0.2) is 0 Å². The Morgan fingerprint density at radius 1 is 1.55 bits per heavy atom. The van der Waals surface area contributed by atoms with Gasteiger partial charge in [0.25, 0.3) is 0 Å². The van der Waals surface area contributed by atoms with E-state index in [0.29, 0.717) is 22.9 Å². The summed E-state index contributed by atoms with van der Waals surface area (Å²) in [6, 6.07) is 7.46. The molecule has 0 radical (unpaired) electrons. The minimum Gasteiger partial charge on any atom is -0.481 e. The van der Waals surface area contributed by atoms with Gasteiger partial charge in [0.1, 0.15) is 6.07 Å². The average molecular weight is 293 g/mol. The van der Waals surface area contributed by atoms with Gasteiger partial charge in [-0.2, -0.15) is 5.26 Å². The zero-order chi connectivity index (χ0) is 14.5. The molecule has 5 heteroatoms. The number of carboxylic acids is 1. The summed E-state index contributed by atoms with van der Waals surface area (Å²) in [4.78, 5) is 12.8. The topological polar surface area (TPSA) is 64.3 Å². The normalized spacial score (nSPS) is 18.6. The van der Waals surface area contributed by atoms with E-state index < -0.39 is 5.97 Å². The molecule has 1 aromatic rings. The van der Waals surface area contributed by atoms with Crippen molar-refractivity contribution >= 4 is 23.3 Å². The molecular formula is C15H17ClN2O2. The zero-order valence-corrected chi connectivity index (χ0v) is 11.9.